The molecule has 13 heavy (non-hydrogen) atoms. The summed E-state index contributed by atoms with van der Waals surface area (Å²) in [6.45, 7) is 0. The topological polar surface area (TPSA) is 0 Å². The molecule has 1 aromatic carbocycles. The van der Waals surface area contributed by atoms with Gasteiger partial charge in [0.1, 0.15) is 0 Å². The van der Waals surface area contributed by atoms with Gasteiger partial charge in [0.25, 0.3) is 0 Å². The highest BCUT2D eigenvalue weighted by atomic mass is 35.5. The van der Waals surface area contributed by atoms with Gasteiger partial charge in [-0.3, -0.25) is 0 Å². The zero-order valence-electron chi connectivity index (χ0n) is 7.08. The van der Waals surface area contributed by atoms with Gasteiger partial charge in [-0.05, 0) is 17.5 Å². The van der Waals surface area contributed by atoms with Gasteiger partial charge in [-0.1, -0.05) is 24.3 Å². The van der Waals surface area contributed by atoms with Gasteiger partial charge in [-0.15, -0.1) is 23.2 Å². The summed E-state index contributed by atoms with van der Waals surface area (Å²) in [5.41, 5.74) is 2.87. The van der Waals surface area contributed by atoms with Crippen LogP contribution >= 0.6 is 23.2 Å². The summed E-state index contributed by atoms with van der Waals surface area (Å²) in [6, 6.07) is 8.56. The lowest BCUT2D eigenvalue weighted by molar-refractivity contribution is 0.735. The molecule has 1 saturated carbocycles. The van der Waals surface area contributed by atoms with Crippen LogP contribution in [-0.2, 0) is 0 Å². The molecule has 0 N–H and O–H groups in total. The summed E-state index contributed by atoms with van der Waals surface area (Å²) in [6.07, 6.45) is 1.15. The molecular formula is C11H10Cl2. The Morgan fingerprint density at radius 1 is 0.923 bits per heavy atom. The van der Waals surface area contributed by atoms with Crippen molar-refractivity contribution < 1.29 is 0 Å². The lowest BCUT2D eigenvalue weighted by Crippen LogP contribution is -2.22. The summed E-state index contributed by atoms with van der Waals surface area (Å²) in [5, 5.41) is 0.281. The molecule has 0 amide bonds. The van der Waals surface area contributed by atoms with E-state index in [4.69, 9.17) is 23.2 Å². The van der Waals surface area contributed by atoms with Crippen molar-refractivity contribution in [3.8, 4) is 0 Å². The Balaban J connectivity index is 2.16. The van der Waals surface area contributed by atoms with E-state index in [0.29, 0.717) is 11.8 Å². The van der Waals surface area contributed by atoms with Crippen LogP contribution in [0.1, 0.15) is 29.4 Å². The normalized spacial score (nSPS) is 40.8. The molecule has 0 aliphatic heterocycles. The summed E-state index contributed by atoms with van der Waals surface area (Å²) in [5.74, 6) is 1.01. The lowest BCUT2D eigenvalue weighted by Gasteiger charge is -2.23. The number of hydrogen-bond acceptors (Lipinski definition) is 0. The van der Waals surface area contributed by atoms with Crippen LogP contribution in [-0.4, -0.2) is 10.8 Å². The quantitative estimate of drug-likeness (QED) is 0.578. The van der Waals surface area contributed by atoms with E-state index in [2.05, 4.69) is 24.3 Å². The fraction of sp³-hybridized carbons (Fsp3) is 0.455. The third kappa shape index (κ3) is 0.936. The molecule has 1 fully saturated rings. The van der Waals surface area contributed by atoms with Gasteiger partial charge in [0.2, 0.25) is 0 Å². The van der Waals surface area contributed by atoms with Crippen LogP contribution in [0.3, 0.4) is 0 Å². The molecule has 4 atom stereocenters. The number of halogens is 2. The average molecular weight is 213 g/mol. The van der Waals surface area contributed by atoms with Crippen molar-refractivity contribution in [3.63, 3.8) is 0 Å². The van der Waals surface area contributed by atoms with E-state index in [1.165, 1.54) is 11.1 Å². The van der Waals surface area contributed by atoms with Crippen LogP contribution in [0, 0.1) is 0 Å². The number of hydrogen-bond donors (Lipinski definition) is 0. The van der Waals surface area contributed by atoms with E-state index < -0.39 is 0 Å². The van der Waals surface area contributed by atoms with Gasteiger partial charge in [-0.2, -0.15) is 0 Å². The molecule has 0 heterocycles. The summed E-state index contributed by atoms with van der Waals surface area (Å²) >= 11 is 12.5. The second-order valence-electron chi connectivity index (χ2n) is 3.97. The molecule has 0 aromatic heterocycles. The third-order valence-electron chi connectivity index (χ3n) is 3.38. The van der Waals surface area contributed by atoms with Gasteiger partial charge in [0.15, 0.2) is 0 Å². The lowest BCUT2D eigenvalue weighted by atomic mass is 9.91. The zero-order valence-corrected chi connectivity index (χ0v) is 8.59. The Hall–Kier alpha value is -0.200. The summed E-state index contributed by atoms with van der Waals surface area (Å²) in [7, 11) is 0. The van der Waals surface area contributed by atoms with Gasteiger partial charge in [-0.25, -0.2) is 0 Å². The average Bonchev–Trinajstić information content (AvgIpc) is 2.66. The number of benzene rings is 1. The largest absolute Gasteiger partial charge is 0.121 e. The fourth-order valence-electron chi connectivity index (χ4n) is 2.76. The maximum Gasteiger partial charge on any atom is 0.0574 e. The minimum Gasteiger partial charge on any atom is -0.121 e. The second kappa shape index (κ2) is 2.65. The minimum atomic E-state index is 0.140. The van der Waals surface area contributed by atoms with Crippen LogP contribution in [0.2, 0.25) is 0 Å². The smallest absolute Gasteiger partial charge is 0.0574 e. The van der Waals surface area contributed by atoms with Crippen LogP contribution in [0.4, 0.5) is 0 Å². The Morgan fingerprint density at radius 3 is 1.85 bits per heavy atom. The number of alkyl halides is 2. The molecule has 0 saturated heterocycles. The van der Waals surface area contributed by atoms with Crippen LogP contribution in [0.5, 0.6) is 0 Å². The maximum atomic E-state index is 6.26. The first-order chi connectivity index (χ1) is 6.29. The van der Waals surface area contributed by atoms with Gasteiger partial charge < -0.3 is 0 Å². The molecule has 2 aliphatic rings. The Morgan fingerprint density at radius 2 is 1.38 bits per heavy atom. The van der Waals surface area contributed by atoms with Crippen molar-refractivity contribution in [3.05, 3.63) is 35.4 Å². The Kier molecular flexibility index (Phi) is 1.66. The van der Waals surface area contributed by atoms with Crippen molar-refractivity contribution >= 4 is 23.2 Å². The van der Waals surface area contributed by atoms with E-state index in [0.717, 1.165) is 6.42 Å². The summed E-state index contributed by atoms with van der Waals surface area (Å²) in [4.78, 5) is 0. The molecule has 2 heteroatoms. The zero-order chi connectivity index (χ0) is 9.00. The van der Waals surface area contributed by atoms with Crippen molar-refractivity contribution in [1.82, 2.24) is 0 Å². The van der Waals surface area contributed by atoms with Gasteiger partial charge in [0.05, 0.1) is 10.8 Å². The highest BCUT2D eigenvalue weighted by Gasteiger charge is 2.49. The van der Waals surface area contributed by atoms with E-state index in [-0.39, 0.29) is 10.8 Å². The predicted octanol–water partition coefficient (Wildman–Crippen LogP) is 3.49. The summed E-state index contributed by atoms with van der Waals surface area (Å²) < 4.78 is 0. The van der Waals surface area contributed by atoms with E-state index >= 15 is 0 Å². The van der Waals surface area contributed by atoms with E-state index in [1.54, 1.807) is 0 Å². The standard InChI is InChI=1S/C11H10Cl2/c12-10-8-5-9(11(10)13)7-4-2-1-3-6(7)8/h1-4,8-11H,5H2/t8-,9+,10-,11+. The van der Waals surface area contributed by atoms with Crippen molar-refractivity contribution in [1.29, 1.82) is 0 Å². The highest BCUT2D eigenvalue weighted by Crippen LogP contribution is 2.56. The highest BCUT2D eigenvalue weighted by molar-refractivity contribution is 6.31. The van der Waals surface area contributed by atoms with Crippen molar-refractivity contribution in [2.45, 2.75) is 29.0 Å². The van der Waals surface area contributed by atoms with Crippen LogP contribution < -0.4 is 0 Å². The molecule has 0 spiro atoms. The Labute approximate surface area is 87.9 Å². The minimum absolute atomic E-state index is 0.140. The molecular weight excluding hydrogens is 203 g/mol. The maximum absolute atomic E-state index is 6.26. The molecule has 2 aliphatic carbocycles. The van der Waals surface area contributed by atoms with Crippen LogP contribution in [0.15, 0.2) is 24.3 Å². The second-order valence-corrected chi connectivity index (χ2v) is 4.97. The van der Waals surface area contributed by atoms with Gasteiger partial charge in [0, 0.05) is 11.8 Å². The predicted molar refractivity (Wildman–Crippen MR) is 55.8 cm³/mol. The number of fused-ring (bicyclic) bond motifs is 5. The van der Waals surface area contributed by atoms with E-state index in [1.807, 2.05) is 0 Å². The monoisotopic (exact) mass is 212 g/mol. The van der Waals surface area contributed by atoms with Crippen molar-refractivity contribution in [2.24, 2.45) is 0 Å². The first kappa shape index (κ1) is 8.14. The van der Waals surface area contributed by atoms with Crippen molar-refractivity contribution in [2.75, 3.05) is 0 Å². The van der Waals surface area contributed by atoms with E-state index in [9.17, 15) is 0 Å². The molecule has 68 valence electrons. The first-order valence-corrected chi connectivity index (χ1v) is 5.53. The third-order valence-corrected chi connectivity index (χ3v) is 4.66. The SMILES string of the molecule is Cl[C@@H]1[C@H](Cl)[C@@H]2C[C@H]1c1ccccc12. The van der Waals surface area contributed by atoms with Crippen LogP contribution in [0.25, 0.3) is 0 Å². The van der Waals surface area contributed by atoms with Gasteiger partial charge >= 0.3 is 0 Å². The first-order valence-electron chi connectivity index (χ1n) is 4.66. The molecule has 2 bridgehead atoms. The Bertz CT molecular complexity index is 315. The molecule has 0 unspecified atom stereocenters. The molecule has 3 rings (SSSR count). The molecule has 0 nitrogen and oxygen atoms in total. The number of rotatable bonds is 0. The molecule has 1 aromatic rings. The molecule has 0 radical (unpaired) electrons. The fourth-order valence-corrected chi connectivity index (χ4v) is 3.59.